The fraction of sp³-hybridized carbons (Fsp3) is 0.571. The van der Waals surface area contributed by atoms with E-state index in [4.69, 9.17) is 4.74 Å². The van der Waals surface area contributed by atoms with E-state index < -0.39 is 0 Å². The molecule has 0 amide bonds. The fourth-order valence-electron chi connectivity index (χ4n) is 2.43. The highest BCUT2D eigenvalue weighted by atomic mass is 19.1. The molecule has 0 radical (unpaired) electrons. The van der Waals surface area contributed by atoms with Gasteiger partial charge < -0.3 is 15.0 Å². The van der Waals surface area contributed by atoms with Crippen molar-refractivity contribution in [2.24, 2.45) is 0 Å². The van der Waals surface area contributed by atoms with Crippen molar-refractivity contribution in [2.75, 3.05) is 39.8 Å². The lowest BCUT2D eigenvalue weighted by Crippen LogP contribution is -2.44. The number of methoxy groups -OCH3 is 1. The molecule has 1 heterocycles. The van der Waals surface area contributed by atoms with Gasteiger partial charge in [-0.2, -0.15) is 0 Å². The largest absolute Gasteiger partial charge is 0.496 e. The Balaban J connectivity index is 2.03. The van der Waals surface area contributed by atoms with Crippen molar-refractivity contribution in [2.45, 2.75) is 13.3 Å². The van der Waals surface area contributed by atoms with Crippen LogP contribution in [0.15, 0.2) is 12.1 Å². The number of piperazine rings is 1. The monoisotopic (exact) mass is 252 g/mol. The van der Waals surface area contributed by atoms with Crippen LogP contribution in [0.1, 0.15) is 11.1 Å². The summed E-state index contributed by atoms with van der Waals surface area (Å²) in [5.74, 6) is 0.648. The topological polar surface area (TPSA) is 24.5 Å². The molecule has 0 spiro atoms. The van der Waals surface area contributed by atoms with Gasteiger partial charge >= 0.3 is 0 Å². The van der Waals surface area contributed by atoms with Gasteiger partial charge in [0.1, 0.15) is 11.6 Å². The molecule has 0 bridgehead atoms. The standard InChI is InChI=1S/C14H21FN2O/c1-11-12(13(15)3-4-14(11)18-2)5-8-17-9-6-16-7-10-17/h3-4,16H,5-10H2,1-2H3. The Kier molecular flexibility index (Phi) is 4.55. The molecule has 4 heteroatoms. The summed E-state index contributed by atoms with van der Waals surface area (Å²) in [6, 6.07) is 3.19. The third-order valence-electron chi connectivity index (χ3n) is 3.60. The molecule has 100 valence electrons. The number of hydrogen-bond donors (Lipinski definition) is 1. The SMILES string of the molecule is COc1ccc(F)c(CCN2CCNCC2)c1C. The summed E-state index contributed by atoms with van der Waals surface area (Å²) in [6.45, 7) is 6.98. The summed E-state index contributed by atoms with van der Waals surface area (Å²) in [4.78, 5) is 2.37. The number of nitrogens with zero attached hydrogens (tertiary/aromatic N) is 1. The van der Waals surface area contributed by atoms with Gasteiger partial charge in [0, 0.05) is 32.7 Å². The van der Waals surface area contributed by atoms with Crippen LogP contribution in [0.25, 0.3) is 0 Å². The zero-order valence-electron chi connectivity index (χ0n) is 11.1. The Bertz CT molecular complexity index is 403. The Labute approximate surface area is 108 Å². The molecule has 18 heavy (non-hydrogen) atoms. The highest BCUT2D eigenvalue weighted by Gasteiger charge is 2.14. The average molecular weight is 252 g/mol. The number of halogens is 1. The van der Waals surface area contributed by atoms with Gasteiger partial charge in [0.15, 0.2) is 0 Å². The molecule has 0 saturated carbocycles. The highest BCUT2D eigenvalue weighted by molar-refractivity contribution is 5.40. The van der Waals surface area contributed by atoms with Crippen LogP contribution < -0.4 is 10.1 Å². The van der Waals surface area contributed by atoms with Gasteiger partial charge in [-0.1, -0.05) is 0 Å². The molecule has 3 nitrogen and oxygen atoms in total. The molecule has 1 N–H and O–H groups in total. The van der Waals surface area contributed by atoms with Crippen molar-refractivity contribution in [3.05, 3.63) is 29.1 Å². The zero-order chi connectivity index (χ0) is 13.0. The minimum atomic E-state index is -0.122. The third kappa shape index (κ3) is 3.00. The zero-order valence-corrected chi connectivity index (χ0v) is 11.1. The minimum Gasteiger partial charge on any atom is -0.496 e. The quantitative estimate of drug-likeness (QED) is 0.880. The first-order chi connectivity index (χ1) is 8.72. The fourth-order valence-corrected chi connectivity index (χ4v) is 2.43. The number of nitrogens with one attached hydrogen (secondary N) is 1. The van der Waals surface area contributed by atoms with Gasteiger partial charge in [-0.05, 0) is 36.6 Å². The number of hydrogen-bond acceptors (Lipinski definition) is 3. The Morgan fingerprint density at radius 2 is 2.06 bits per heavy atom. The predicted octanol–water partition coefficient (Wildman–Crippen LogP) is 1.59. The predicted molar refractivity (Wildman–Crippen MR) is 70.7 cm³/mol. The van der Waals surface area contributed by atoms with Gasteiger partial charge in [-0.25, -0.2) is 4.39 Å². The maximum absolute atomic E-state index is 13.8. The van der Waals surface area contributed by atoms with E-state index in [0.29, 0.717) is 0 Å². The second kappa shape index (κ2) is 6.16. The van der Waals surface area contributed by atoms with Crippen molar-refractivity contribution in [3.8, 4) is 5.75 Å². The molecular weight excluding hydrogens is 231 g/mol. The number of benzene rings is 1. The average Bonchev–Trinajstić information content (AvgIpc) is 2.40. The van der Waals surface area contributed by atoms with E-state index in [1.165, 1.54) is 6.07 Å². The van der Waals surface area contributed by atoms with Crippen LogP contribution in [0.5, 0.6) is 5.75 Å². The summed E-state index contributed by atoms with van der Waals surface area (Å²) >= 11 is 0. The van der Waals surface area contributed by atoms with Crippen molar-refractivity contribution in [1.29, 1.82) is 0 Å². The Morgan fingerprint density at radius 1 is 1.33 bits per heavy atom. The van der Waals surface area contributed by atoms with Crippen LogP contribution >= 0.6 is 0 Å². The minimum absolute atomic E-state index is 0.122. The third-order valence-corrected chi connectivity index (χ3v) is 3.60. The Morgan fingerprint density at radius 3 is 2.72 bits per heavy atom. The van der Waals surface area contributed by atoms with Gasteiger partial charge in [0.2, 0.25) is 0 Å². The number of ether oxygens (including phenoxy) is 1. The van der Waals surface area contributed by atoms with Gasteiger partial charge in [0.05, 0.1) is 7.11 Å². The highest BCUT2D eigenvalue weighted by Crippen LogP contribution is 2.24. The van der Waals surface area contributed by atoms with Crippen molar-refractivity contribution >= 4 is 0 Å². The molecule has 0 atom stereocenters. The smallest absolute Gasteiger partial charge is 0.126 e. The molecule has 1 saturated heterocycles. The summed E-state index contributed by atoms with van der Waals surface area (Å²) < 4.78 is 19.1. The first kappa shape index (κ1) is 13.3. The first-order valence-electron chi connectivity index (χ1n) is 6.47. The first-order valence-corrected chi connectivity index (χ1v) is 6.47. The number of rotatable bonds is 4. The molecule has 1 aromatic rings. The summed E-state index contributed by atoms with van der Waals surface area (Å²) in [5, 5.41) is 3.32. The molecule has 1 aromatic carbocycles. The maximum Gasteiger partial charge on any atom is 0.126 e. The lowest BCUT2D eigenvalue weighted by molar-refractivity contribution is 0.243. The molecule has 0 unspecified atom stereocenters. The van der Waals surface area contributed by atoms with Crippen molar-refractivity contribution in [1.82, 2.24) is 10.2 Å². The van der Waals surface area contributed by atoms with Crippen molar-refractivity contribution in [3.63, 3.8) is 0 Å². The molecular formula is C14H21FN2O. The maximum atomic E-state index is 13.8. The molecule has 0 aliphatic carbocycles. The summed E-state index contributed by atoms with van der Waals surface area (Å²) in [6.07, 6.45) is 0.745. The van der Waals surface area contributed by atoms with Gasteiger partial charge in [-0.15, -0.1) is 0 Å². The molecule has 1 fully saturated rings. The normalized spacial score (nSPS) is 16.8. The Hall–Kier alpha value is -1.13. The summed E-state index contributed by atoms with van der Waals surface area (Å²) in [5.41, 5.74) is 1.71. The molecule has 0 aromatic heterocycles. The van der Waals surface area contributed by atoms with Crippen LogP contribution in [0.3, 0.4) is 0 Å². The lowest BCUT2D eigenvalue weighted by Gasteiger charge is -2.27. The second-order valence-electron chi connectivity index (χ2n) is 4.69. The van der Waals surface area contributed by atoms with Crippen LogP contribution in [0.4, 0.5) is 4.39 Å². The molecule has 1 aliphatic heterocycles. The molecule has 2 rings (SSSR count). The second-order valence-corrected chi connectivity index (χ2v) is 4.69. The van der Waals surface area contributed by atoms with E-state index in [-0.39, 0.29) is 5.82 Å². The van der Waals surface area contributed by atoms with E-state index in [2.05, 4.69) is 10.2 Å². The summed E-state index contributed by atoms with van der Waals surface area (Å²) in [7, 11) is 1.63. The van der Waals surface area contributed by atoms with E-state index in [9.17, 15) is 4.39 Å². The van der Waals surface area contributed by atoms with E-state index in [1.807, 2.05) is 6.92 Å². The van der Waals surface area contributed by atoms with Gasteiger partial charge in [-0.3, -0.25) is 0 Å². The lowest BCUT2D eigenvalue weighted by atomic mass is 10.0. The van der Waals surface area contributed by atoms with E-state index >= 15 is 0 Å². The van der Waals surface area contributed by atoms with Crippen LogP contribution in [0.2, 0.25) is 0 Å². The van der Waals surface area contributed by atoms with Crippen LogP contribution in [0, 0.1) is 12.7 Å². The van der Waals surface area contributed by atoms with E-state index in [1.54, 1.807) is 13.2 Å². The molecule has 1 aliphatic rings. The van der Waals surface area contributed by atoms with Gasteiger partial charge in [0.25, 0.3) is 0 Å². The van der Waals surface area contributed by atoms with Crippen LogP contribution in [-0.4, -0.2) is 44.7 Å². The van der Waals surface area contributed by atoms with Crippen molar-refractivity contribution < 1.29 is 9.13 Å². The van der Waals surface area contributed by atoms with Crippen LogP contribution in [-0.2, 0) is 6.42 Å². The van der Waals surface area contributed by atoms with E-state index in [0.717, 1.165) is 56.0 Å².